The summed E-state index contributed by atoms with van der Waals surface area (Å²) in [4.78, 5) is 4.22. The van der Waals surface area contributed by atoms with Crippen LogP contribution < -0.4 is 15.8 Å². The second-order valence-corrected chi connectivity index (χ2v) is 9.96. The monoisotopic (exact) mass is 464 g/mol. The largest absolute Gasteiger partial charge is 0.392 e. The Morgan fingerprint density at radius 1 is 1.31 bits per heavy atom. The number of nitrogens with two attached hydrogens (primary N) is 1. The second-order valence-electron chi connectivity index (χ2n) is 6.66. The van der Waals surface area contributed by atoms with Gasteiger partial charge in [0.2, 0.25) is 0 Å². The molecule has 5 N–H and O–H groups in total. The van der Waals surface area contributed by atoms with Crippen molar-refractivity contribution in [3.63, 3.8) is 0 Å². The standard InChI is InChI=1S/C18H26ClFN4O3S2/c1-12-11-23-18(28-12)24-29(26,27)17-8-14(19)16(9-15(17)20)22-7-5-3-2-4-6-13(25)10-21/h8-9,11,13,22,25H,2-7,10,21H2,1H3,(H,23,24). The van der Waals surface area contributed by atoms with E-state index in [4.69, 9.17) is 17.3 Å². The molecule has 0 bridgehead atoms. The molecule has 1 heterocycles. The number of halogens is 2. The second kappa shape index (κ2) is 11.1. The minimum atomic E-state index is -4.13. The van der Waals surface area contributed by atoms with Crippen LogP contribution in [0.2, 0.25) is 5.02 Å². The van der Waals surface area contributed by atoms with Crippen molar-refractivity contribution in [2.24, 2.45) is 5.73 Å². The molecule has 0 spiro atoms. The Labute approximate surface area is 179 Å². The van der Waals surface area contributed by atoms with Crippen molar-refractivity contribution in [1.29, 1.82) is 0 Å². The highest BCUT2D eigenvalue weighted by molar-refractivity contribution is 7.93. The summed E-state index contributed by atoms with van der Waals surface area (Å²) in [5, 5.41) is 12.7. The van der Waals surface area contributed by atoms with E-state index in [1.54, 1.807) is 6.92 Å². The first-order valence-corrected chi connectivity index (χ1v) is 12.0. The van der Waals surface area contributed by atoms with E-state index in [1.807, 2.05) is 0 Å². The summed E-state index contributed by atoms with van der Waals surface area (Å²) in [5.74, 6) is -0.895. The maximum Gasteiger partial charge on any atom is 0.266 e. The highest BCUT2D eigenvalue weighted by Crippen LogP contribution is 2.30. The van der Waals surface area contributed by atoms with Crippen molar-refractivity contribution in [1.82, 2.24) is 4.98 Å². The first-order chi connectivity index (χ1) is 13.7. The van der Waals surface area contributed by atoms with Crippen molar-refractivity contribution < 1.29 is 17.9 Å². The van der Waals surface area contributed by atoms with Crippen LogP contribution in [0.3, 0.4) is 0 Å². The quantitative estimate of drug-likeness (QED) is 0.355. The summed E-state index contributed by atoms with van der Waals surface area (Å²) >= 11 is 7.31. The molecule has 2 aromatic rings. The molecule has 11 heteroatoms. The fourth-order valence-electron chi connectivity index (χ4n) is 2.64. The number of hydrogen-bond donors (Lipinski definition) is 4. The first kappa shape index (κ1) is 23.8. The highest BCUT2D eigenvalue weighted by atomic mass is 35.5. The van der Waals surface area contributed by atoms with Gasteiger partial charge in [0.1, 0.15) is 10.7 Å². The number of thiazole rings is 1. The Kier molecular flexibility index (Phi) is 9.09. The molecule has 0 amide bonds. The van der Waals surface area contributed by atoms with Gasteiger partial charge >= 0.3 is 0 Å². The highest BCUT2D eigenvalue weighted by Gasteiger charge is 2.22. The number of aliphatic hydroxyl groups excluding tert-OH is 1. The van der Waals surface area contributed by atoms with Gasteiger partial charge in [-0.1, -0.05) is 30.9 Å². The molecule has 0 aliphatic carbocycles. The van der Waals surface area contributed by atoms with Crippen LogP contribution in [0.1, 0.15) is 37.0 Å². The maximum atomic E-state index is 14.4. The van der Waals surface area contributed by atoms with Crippen LogP contribution >= 0.6 is 22.9 Å². The van der Waals surface area contributed by atoms with E-state index in [0.717, 1.165) is 54.0 Å². The normalized spacial score (nSPS) is 12.7. The van der Waals surface area contributed by atoms with Crippen LogP contribution in [0.5, 0.6) is 0 Å². The van der Waals surface area contributed by atoms with Crippen LogP contribution in [-0.2, 0) is 10.0 Å². The predicted octanol–water partition coefficient (Wildman–Crippen LogP) is 3.73. The lowest BCUT2D eigenvalue weighted by Crippen LogP contribution is -2.19. The molecule has 0 saturated carbocycles. The number of aryl methyl sites for hydroxylation is 1. The number of unbranched alkanes of at least 4 members (excludes halogenated alkanes) is 3. The molecule has 29 heavy (non-hydrogen) atoms. The van der Waals surface area contributed by atoms with Crippen LogP contribution in [0, 0.1) is 12.7 Å². The minimum Gasteiger partial charge on any atom is -0.392 e. The lowest BCUT2D eigenvalue weighted by atomic mass is 10.1. The van der Waals surface area contributed by atoms with E-state index >= 15 is 0 Å². The fourth-order valence-corrected chi connectivity index (χ4v) is 4.93. The SMILES string of the molecule is Cc1cnc(NS(=O)(=O)c2cc(Cl)c(NCCCCCCC(O)CN)cc2F)s1. The summed E-state index contributed by atoms with van der Waals surface area (Å²) in [7, 11) is -4.13. The van der Waals surface area contributed by atoms with Gasteiger partial charge in [0.25, 0.3) is 10.0 Å². The molecule has 162 valence electrons. The molecule has 1 atom stereocenters. The Balaban J connectivity index is 1.90. The molecule has 0 radical (unpaired) electrons. The Morgan fingerprint density at radius 2 is 2.03 bits per heavy atom. The Hall–Kier alpha value is -1.46. The number of anilines is 2. The van der Waals surface area contributed by atoms with E-state index in [-0.39, 0.29) is 16.7 Å². The lowest BCUT2D eigenvalue weighted by molar-refractivity contribution is 0.169. The van der Waals surface area contributed by atoms with Crippen LogP contribution in [0.25, 0.3) is 0 Å². The van der Waals surface area contributed by atoms with Gasteiger partial charge in [0.05, 0.1) is 16.8 Å². The molecule has 0 fully saturated rings. The van der Waals surface area contributed by atoms with Gasteiger partial charge in [0, 0.05) is 24.2 Å². The van der Waals surface area contributed by atoms with Gasteiger partial charge in [-0.05, 0) is 31.9 Å². The summed E-state index contributed by atoms with van der Waals surface area (Å²) in [6.45, 7) is 2.63. The number of nitrogens with one attached hydrogen (secondary N) is 2. The number of nitrogens with zero attached hydrogens (tertiary/aromatic N) is 1. The van der Waals surface area contributed by atoms with Gasteiger partial charge in [-0.2, -0.15) is 0 Å². The van der Waals surface area contributed by atoms with E-state index < -0.39 is 26.8 Å². The number of aliphatic hydroxyl groups is 1. The molecular weight excluding hydrogens is 439 g/mol. The zero-order chi connectivity index (χ0) is 21.4. The maximum absolute atomic E-state index is 14.4. The molecule has 0 aliphatic rings. The smallest absolute Gasteiger partial charge is 0.266 e. The Bertz CT molecular complexity index is 909. The summed E-state index contributed by atoms with van der Waals surface area (Å²) in [6.07, 6.45) is 5.39. The van der Waals surface area contributed by atoms with E-state index in [0.29, 0.717) is 18.7 Å². The van der Waals surface area contributed by atoms with Crippen molar-refractivity contribution in [2.75, 3.05) is 23.1 Å². The molecule has 0 aliphatic heterocycles. The lowest BCUT2D eigenvalue weighted by Gasteiger charge is -2.12. The third kappa shape index (κ3) is 7.38. The molecule has 1 aromatic carbocycles. The van der Waals surface area contributed by atoms with Gasteiger partial charge < -0.3 is 16.2 Å². The summed E-state index contributed by atoms with van der Waals surface area (Å²) < 4.78 is 41.6. The third-order valence-electron chi connectivity index (χ3n) is 4.21. The van der Waals surface area contributed by atoms with Crippen molar-refractivity contribution in [3.8, 4) is 0 Å². The molecule has 0 saturated heterocycles. The average Bonchev–Trinajstić information content (AvgIpc) is 3.06. The zero-order valence-electron chi connectivity index (χ0n) is 16.1. The number of aromatic nitrogens is 1. The third-order valence-corrected chi connectivity index (χ3v) is 6.83. The van der Waals surface area contributed by atoms with Gasteiger partial charge in [0.15, 0.2) is 5.13 Å². The first-order valence-electron chi connectivity index (χ1n) is 9.29. The van der Waals surface area contributed by atoms with Crippen molar-refractivity contribution in [2.45, 2.75) is 50.0 Å². The van der Waals surface area contributed by atoms with Crippen LogP contribution in [-0.4, -0.2) is 37.7 Å². The van der Waals surface area contributed by atoms with Gasteiger partial charge in [-0.25, -0.2) is 17.8 Å². The molecule has 1 aromatic heterocycles. The van der Waals surface area contributed by atoms with Crippen molar-refractivity contribution in [3.05, 3.63) is 34.0 Å². The number of benzene rings is 1. The van der Waals surface area contributed by atoms with Crippen LogP contribution in [0.4, 0.5) is 15.2 Å². The topological polar surface area (TPSA) is 117 Å². The summed E-state index contributed by atoms with van der Waals surface area (Å²) in [5.41, 5.74) is 5.69. The number of sulfonamides is 1. The number of rotatable bonds is 12. The van der Waals surface area contributed by atoms with Gasteiger partial charge in [-0.3, -0.25) is 4.72 Å². The molecule has 2 rings (SSSR count). The fraction of sp³-hybridized carbons (Fsp3) is 0.500. The number of hydrogen-bond acceptors (Lipinski definition) is 7. The van der Waals surface area contributed by atoms with Crippen LogP contribution in [0.15, 0.2) is 23.2 Å². The molecule has 7 nitrogen and oxygen atoms in total. The van der Waals surface area contributed by atoms with E-state index in [1.165, 1.54) is 6.20 Å². The minimum absolute atomic E-state index is 0.119. The molecule has 1 unspecified atom stereocenters. The summed E-state index contributed by atoms with van der Waals surface area (Å²) in [6, 6.07) is 2.18. The van der Waals surface area contributed by atoms with E-state index in [9.17, 15) is 17.9 Å². The van der Waals surface area contributed by atoms with Gasteiger partial charge in [-0.15, -0.1) is 11.3 Å². The predicted molar refractivity (Wildman–Crippen MR) is 116 cm³/mol. The molecular formula is C18H26ClFN4O3S2. The Morgan fingerprint density at radius 3 is 2.69 bits per heavy atom. The average molecular weight is 465 g/mol. The van der Waals surface area contributed by atoms with Crippen molar-refractivity contribution >= 4 is 43.8 Å². The van der Waals surface area contributed by atoms with E-state index in [2.05, 4.69) is 15.0 Å². The zero-order valence-corrected chi connectivity index (χ0v) is 18.5.